The number of rotatable bonds is 1. The molecule has 0 aliphatic heterocycles. The van der Waals surface area contributed by atoms with Gasteiger partial charge in [0.2, 0.25) is 0 Å². The van der Waals surface area contributed by atoms with Crippen molar-refractivity contribution in [1.29, 1.82) is 0 Å². The number of hydrogen-bond acceptors (Lipinski definition) is 2. The molecule has 2 rings (SSSR count). The maximum absolute atomic E-state index is 13.4. The Morgan fingerprint density at radius 1 is 1.25 bits per heavy atom. The first-order valence-corrected chi connectivity index (χ1v) is 5.31. The monoisotopic (exact) mass is 234 g/mol. The summed E-state index contributed by atoms with van der Waals surface area (Å²) < 4.78 is 13.8. The molecule has 1 N–H and O–H groups in total. The number of aryl methyl sites for hydroxylation is 2. The second-order valence-corrected chi connectivity index (χ2v) is 4.10. The Bertz CT molecular complexity index is 590. The minimum absolute atomic E-state index is 0.215. The van der Waals surface area contributed by atoms with E-state index in [9.17, 15) is 4.39 Å². The molecule has 0 saturated heterocycles. The molecule has 4 heteroatoms. The smallest absolute Gasteiger partial charge is 0.197 e. The summed E-state index contributed by atoms with van der Waals surface area (Å²) in [7, 11) is 0. The van der Waals surface area contributed by atoms with Crippen LogP contribution in [0, 0.1) is 24.4 Å². The highest BCUT2D eigenvalue weighted by atomic mass is 32.1. The van der Waals surface area contributed by atoms with Crippen LogP contribution in [-0.4, -0.2) is 9.97 Å². The molecule has 1 aromatic carbocycles. The number of H-pyrrole nitrogens is 1. The van der Waals surface area contributed by atoms with Crippen molar-refractivity contribution in [3.05, 3.63) is 46.1 Å². The molecular formula is C12H11FN2S. The fourth-order valence-electron chi connectivity index (χ4n) is 1.51. The van der Waals surface area contributed by atoms with E-state index in [2.05, 4.69) is 9.97 Å². The third-order valence-electron chi connectivity index (χ3n) is 2.46. The first kappa shape index (κ1) is 11.0. The fourth-order valence-corrected chi connectivity index (χ4v) is 1.66. The fraction of sp³-hybridized carbons (Fsp3) is 0.167. The average molecular weight is 234 g/mol. The van der Waals surface area contributed by atoms with Gasteiger partial charge in [-0.2, -0.15) is 0 Å². The van der Waals surface area contributed by atoms with Crippen LogP contribution in [0.3, 0.4) is 0 Å². The molecule has 0 radical (unpaired) electrons. The molecule has 2 nitrogen and oxygen atoms in total. The first-order chi connectivity index (χ1) is 7.58. The zero-order valence-corrected chi connectivity index (χ0v) is 9.86. The highest BCUT2D eigenvalue weighted by molar-refractivity contribution is 7.71. The lowest BCUT2D eigenvalue weighted by Crippen LogP contribution is -1.92. The third-order valence-corrected chi connectivity index (χ3v) is 2.67. The van der Waals surface area contributed by atoms with Crippen LogP contribution < -0.4 is 0 Å². The van der Waals surface area contributed by atoms with Crippen LogP contribution in [0.4, 0.5) is 4.39 Å². The van der Waals surface area contributed by atoms with Crippen LogP contribution in [0.2, 0.25) is 0 Å². The minimum atomic E-state index is -0.215. The number of benzene rings is 1. The Morgan fingerprint density at radius 2 is 2.00 bits per heavy atom. The van der Waals surface area contributed by atoms with Crippen molar-refractivity contribution >= 4 is 12.2 Å². The Hall–Kier alpha value is -1.55. The SMILES string of the molecule is Cc1ccc(-c2[nH]c(=S)ncc2C)cc1F. The first-order valence-electron chi connectivity index (χ1n) is 4.90. The number of aromatic nitrogens is 2. The van der Waals surface area contributed by atoms with Gasteiger partial charge in [-0.15, -0.1) is 0 Å². The van der Waals surface area contributed by atoms with Crippen molar-refractivity contribution in [3.8, 4) is 11.3 Å². The molecule has 0 spiro atoms. The van der Waals surface area contributed by atoms with E-state index in [0.717, 1.165) is 16.8 Å². The lowest BCUT2D eigenvalue weighted by atomic mass is 10.1. The predicted molar refractivity (Wildman–Crippen MR) is 64.3 cm³/mol. The lowest BCUT2D eigenvalue weighted by Gasteiger charge is -2.06. The average Bonchev–Trinajstić information content (AvgIpc) is 2.26. The summed E-state index contributed by atoms with van der Waals surface area (Å²) in [6.07, 6.45) is 1.69. The number of hydrogen-bond donors (Lipinski definition) is 1. The summed E-state index contributed by atoms with van der Waals surface area (Å²) in [6, 6.07) is 5.12. The largest absolute Gasteiger partial charge is 0.330 e. The zero-order chi connectivity index (χ0) is 11.7. The van der Waals surface area contributed by atoms with Gasteiger partial charge in [-0.05, 0) is 43.3 Å². The number of aromatic amines is 1. The van der Waals surface area contributed by atoms with Gasteiger partial charge in [0.15, 0.2) is 4.77 Å². The highest BCUT2D eigenvalue weighted by Crippen LogP contribution is 2.22. The maximum Gasteiger partial charge on any atom is 0.197 e. The quantitative estimate of drug-likeness (QED) is 0.764. The summed E-state index contributed by atoms with van der Waals surface area (Å²) in [5, 5.41) is 0. The maximum atomic E-state index is 13.4. The van der Waals surface area contributed by atoms with Gasteiger partial charge >= 0.3 is 0 Å². The van der Waals surface area contributed by atoms with Crippen LogP contribution in [0.1, 0.15) is 11.1 Å². The molecule has 0 aliphatic rings. The second kappa shape index (κ2) is 4.14. The third kappa shape index (κ3) is 2.02. The second-order valence-electron chi connectivity index (χ2n) is 3.71. The molecule has 82 valence electrons. The molecule has 0 unspecified atom stereocenters. The van der Waals surface area contributed by atoms with Crippen LogP contribution >= 0.6 is 12.2 Å². The van der Waals surface area contributed by atoms with Gasteiger partial charge in [0.05, 0.1) is 5.69 Å². The summed E-state index contributed by atoms with van der Waals surface area (Å²) in [5.41, 5.74) is 3.18. The Morgan fingerprint density at radius 3 is 2.69 bits per heavy atom. The molecule has 0 saturated carbocycles. The van der Waals surface area contributed by atoms with Crippen molar-refractivity contribution in [3.63, 3.8) is 0 Å². The Kier molecular flexibility index (Phi) is 2.83. The van der Waals surface area contributed by atoms with Gasteiger partial charge in [0, 0.05) is 11.8 Å². The molecule has 2 aromatic rings. The lowest BCUT2D eigenvalue weighted by molar-refractivity contribution is 0.619. The summed E-state index contributed by atoms with van der Waals surface area (Å²) in [5.74, 6) is -0.215. The van der Waals surface area contributed by atoms with E-state index in [1.54, 1.807) is 19.2 Å². The van der Waals surface area contributed by atoms with Crippen molar-refractivity contribution in [2.24, 2.45) is 0 Å². The van der Waals surface area contributed by atoms with Crippen molar-refractivity contribution in [1.82, 2.24) is 9.97 Å². The van der Waals surface area contributed by atoms with Gasteiger partial charge in [0.25, 0.3) is 0 Å². The van der Waals surface area contributed by atoms with E-state index in [1.165, 1.54) is 6.07 Å². The molecule has 0 fully saturated rings. The molecule has 1 aromatic heterocycles. The summed E-state index contributed by atoms with van der Waals surface area (Å²) in [6.45, 7) is 3.64. The molecule has 1 heterocycles. The van der Waals surface area contributed by atoms with E-state index in [-0.39, 0.29) is 5.82 Å². The molecule has 0 amide bonds. The van der Waals surface area contributed by atoms with Gasteiger partial charge in [-0.25, -0.2) is 9.37 Å². The van der Waals surface area contributed by atoms with Crippen LogP contribution in [-0.2, 0) is 0 Å². The Balaban J connectivity index is 2.62. The number of nitrogens with one attached hydrogen (secondary N) is 1. The molecule has 16 heavy (non-hydrogen) atoms. The zero-order valence-electron chi connectivity index (χ0n) is 9.04. The predicted octanol–water partition coefficient (Wildman–Crippen LogP) is 3.56. The van der Waals surface area contributed by atoms with E-state index in [1.807, 2.05) is 13.0 Å². The van der Waals surface area contributed by atoms with Crippen LogP contribution in [0.25, 0.3) is 11.3 Å². The van der Waals surface area contributed by atoms with E-state index in [4.69, 9.17) is 12.2 Å². The van der Waals surface area contributed by atoms with Gasteiger partial charge in [0.1, 0.15) is 5.82 Å². The molecule has 0 aliphatic carbocycles. The topological polar surface area (TPSA) is 28.7 Å². The summed E-state index contributed by atoms with van der Waals surface area (Å²) in [4.78, 5) is 6.95. The van der Waals surface area contributed by atoms with E-state index in [0.29, 0.717) is 10.3 Å². The van der Waals surface area contributed by atoms with Crippen molar-refractivity contribution in [2.45, 2.75) is 13.8 Å². The number of nitrogens with zero attached hydrogens (tertiary/aromatic N) is 1. The highest BCUT2D eigenvalue weighted by Gasteiger charge is 2.05. The molecule has 0 bridgehead atoms. The van der Waals surface area contributed by atoms with Gasteiger partial charge in [-0.3, -0.25) is 0 Å². The van der Waals surface area contributed by atoms with Gasteiger partial charge in [-0.1, -0.05) is 12.1 Å². The van der Waals surface area contributed by atoms with E-state index < -0.39 is 0 Å². The summed E-state index contributed by atoms with van der Waals surface area (Å²) >= 11 is 4.96. The minimum Gasteiger partial charge on any atom is -0.330 e. The normalized spacial score (nSPS) is 10.4. The Labute approximate surface area is 98.2 Å². The van der Waals surface area contributed by atoms with Crippen molar-refractivity contribution in [2.75, 3.05) is 0 Å². The van der Waals surface area contributed by atoms with E-state index >= 15 is 0 Å². The van der Waals surface area contributed by atoms with Crippen LogP contribution in [0.15, 0.2) is 24.4 Å². The van der Waals surface area contributed by atoms with Crippen LogP contribution in [0.5, 0.6) is 0 Å². The number of halogens is 1. The molecule has 0 atom stereocenters. The van der Waals surface area contributed by atoms with Crippen molar-refractivity contribution < 1.29 is 4.39 Å². The molecular weight excluding hydrogens is 223 g/mol. The standard InChI is InChI=1S/C12H11FN2S/c1-7-3-4-9(5-10(7)13)11-8(2)6-14-12(16)15-11/h3-6H,1-2H3,(H,14,15,16). The van der Waals surface area contributed by atoms with Gasteiger partial charge < -0.3 is 4.98 Å².